The molecule has 1 atom stereocenters. The SMILES string of the molecule is Cc1nc(CC(C)(O)C(=O)O)cs1. The van der Waals surface area contributed by atoms with Gasteiger partial charge in [0.15, 0.2) is 5.60 Å². The van der Waals surface area contributed by atoms with Crippen LogP contribution in [-0.2, 0) is 11.2 Å². The number of aliphatic carboxylic acids is 1. The van der Waals surface area contributed by atoms with Crippen LogP contribution in [0.15, 0.2) is 5.38 Å². The molecule has 0 bridgehead atoms. The Labute approximate surface area is 79.9 Å². The number of rotatable bonds is 3. The van der Waals surface area contributed by atoms with Gasteiger partial charge in [0, 0.05) is 11.8 Å². The number of hydrogen-bond acceptors (Lipinski definition) is 4. The van der Waals surface area contributed by atoms with Crippen molar-refractivity contribution >= 4 is 17.3 Å². The van der Waals surface area contributed by atoms with Gasteiger partial charge in [-0.1, -0.05) is 0 Å². The second-order valence-corrected chi connectivity index (χ2v) is 4.18. The molecule has 1 heterocycles. The van der Waals surface area contributed by atoms with E-state index in [2.05, 4.69) is 4.98 Å². The highest BCUT2D eigenvalue weighted by atomic mass is 32.1. The summed E-state index contributed by atoms with van der Waals surface area (Å²) in [5.74, 6) is -1.22. The number of aliphatic hydroxyl groups is 1. The number of carbonyl (C=O) groups is 1. The van der Waals surface area contributed by atoms with Crippen LogP contribution in [0.25, 0.3) is 0 Å². The molecule has 0 aliphatic heterocycles. The summed E-state index contributed by atoms with van der Waals surface area (Å²) in [6.07, 6.45) is 0.0483. The lowest BCUT2D eigenvalue weighted by atomic mass is 10.0. The highest BCUT2D eigenvalue weighted by Gasteiger charge is 2.30. The maximum Gasteiger partial charge on any atom is 0.335 e. The molecule has 0 aliphatic rings. The summed E-state index contributed by atoms with van der Waals surface area (Å²) in [7, 11) is 0. The van der Waals surface area contributed by atoms with Crippen molar-refractivity contribution in [3.05, 3.63) is 16.1 Å². The first-order valence-electron chi connectivity index (χ1n) is 3.78. The molecule has 0 aliphatic carbocycles. The first-order chi connectivity index (χ1) is 5.92. The summed E-state index contributed by atoms with van der Waals surface area (Å²) in [4.78, 5) is 14.6. The molecule has 0 fully saturated rings. The monoisotopic (exact) mass is 201 g/mol. The average Bonchev–Trinajstić information content (AvgIpc) is 2.34. The summed E-state index contributed by atoms with van der Waals surface area (Å²) in [5.41, 5.74) is -1.10. The molecular weight excluding hydrogens is 190 g/mol. The second kappa shape index (κ2) is 3.43. The fourth-order valence-electron chi connectivity index (χ4n) is 0.918. The molecule has 0 spiro atoms. The minimum atomic E-state index is -1.72. The van der Waals surface area contributed by atoms with Crippen LogP contribution in [0.5, 0.6) is 0 Å². The van der Waals surface area contributed by atoms with Crippen LogP contribution in [-0.4, -0.2) is 26.8 Å². The number of carboxylic acid groups (broad SMARTS) is 1. The van der Waals surface area contributed by atoms with E-state index in [1.54, 1.807) is 5.38 Å². The van der Waals surface area contributed by atoms with Crippen LogP contribution >= 0.6 is 11.3 Å². The van der Waals surface area contributed by atoms with E-state index in [1.165, 1.54) is 18.3 Å². The normalized spacial score (nSPS) is 15.3. The topological polar surface area (TPSA) is 70.4 Å². The molecule has 1 rings (SSSR count). The molecule has 1 aromatic rings. The summed E-state index contributed by atoms with van der Waals surface area (Å²) >= 11 is 1.44. The molecule has 1 unspecified atom stereocenters. The predicted molar refractivity (Wildman–Crippen MR) is 48.8 cm³/mol. The largest absolute Gasteiger partial charge is 0.479 e. The van der Waals surface area contributed by atoms with Crippen molar-refractivity contribution in [2.75, 3.05) is 0 Å². The summed E-state index contributed by atoms with van der Waals surface area (Å²) in [6, 6.07) is 0. The summed E-state index contributed by atoms with van der Waals surface area (Å²) in [6.45, 7) is 3.10. The number of nitrogens with zero attached hydrogens (tertiary/aromatic N) is 1. The van der Waals surface area contributed by atoms with Gasteiger partial charge in [0.25, 0.3) is 0 Å². The molecule has 4 nitrogen and oxygen atoms in total. The second-order valence-electron chi connectivity index (χ2n) is 3.11. The van der Waals surface area contributed by atoms with Gasteiger partial charge in [0.1, 0.15) is 0 Å². The van der Waals surface area contributed by atoms with Crippen molar-refractivity contribution < 1.29 is 15.0 Å². The molecular formula is C8H11NO3S. The van der Waals surface area contributed by atoms with Gasteiger partial charge < -0.3 is 10.2 Å². The van der Waals surface area contributed by atoms with Crippen LogP contribution < -0.4 is 0 Å². The summed E-state index contributed by atoms with van der Waals surface area (Å²) in [5, 5.41) is 20.7. The van der Waals surface area contributed by atoms with Crippen LogP contribution in [0.1, 0.15) is 17.6 Å². The van der Waals surface area contributed by atoms with Crippen LogP contribution in [0.4, 0.5) is 0 Å². The number of carboxylic acids is 1. The fraction of sp³-hybridized carbons (Fsp3) is 0.500. The zero-order valence-corrected chi connectivity index (χ0v) is 8.26. The first-order valence-corrected chi connectivity index (χ1v) is 4.66. The quantitative estimate of drug-likeness (QED) is 0.760. The van der Waals surface area contributed by atoms with E-state index in [4.69, 9.17) is 5.11 Å². The third-order valence-electron chi connectivity index (χ3n) is 1.65. The van der Waals surface area contributed by atoms with E-state index in [1.807, 2.05) is 6.92 Å². The predicted octanol–water partition coefficient (Wildman–Crippen LogP) is 0.830. The van der Waals surface area contributed by atoms with Gasteiger partial charge in [-0.15, -0.1) is 11.3 Å². The van der Waals surface area contributed by atoms with Gasteiger partial charge in [-0.05, 0) is 13.8 Å². The van der Waals surface area contributed by atoms with Crippen molar-refractivity contribution in [3.63, 3.8) is 0 Å². The number of thiazole rings is 1. The average molecular weight is 201 g/mol. The van der Waals surface area contributed by atoms with Crippen molar-refractivity contribution in [3.8, 4) is 0 Å². The van der Waals surface area contributed by atoms with Gasteiger partial charge in [-0.3, -0.25) is 0 Å². The van der Waals surface area contributed by atoms with Gasteiger partial charge in [-0.25, -0.2) is 9.78 Å². The van der Waals surface area contributed by atoms with Gasteiger partial charge in [0.2, 0.25) is 0 Å². The third-order valence-corrected chi connectivity index (χ3v) is 2.47. The van der Waals surface area contributed by atoms with Crippen LogP contribution in [0.2, 0.25) is 0 Å². The van der Waals surface area contributed by atoms with Crippen molar-refractivity contribution in [2.24, 2.45) is 0 Å². The summed E-state index contributed by atoms with van der Waals surface area (Å²) < 4.78 is 0. The van der Waals surface area contributed by atoms with E-state index in [0.29, 0.717) is 5.69 Å². The van der Waals surface area contributed by atoms with E-state index < -0.39 is 11.6 Å². The zero-order chi connectivity index (χ0) is 10.1. The Balaban J connectivity index is 2.74. The number of aromatic nitrogens is 1. The lowest BCUT2D eigenvalue weighted by molar-refractivity contribution is -0.156. The highest BCUT2D eigenvalue weighted by Crippen LogP contribution is 2.15. The van der Waals surface area contributed by atoms with Crippen LogP contribution in [0, 0.1) is 6.92 Å². The lowest BCUT2D eigenvalue weighted by Crippen LogP contribution is -2.37. The van der Waals surface area contributed by atoms with Crippen LogP contribution in [0.3, 0.4) is 0 Å². The van der Waals surface area contributed by atoms with E-state index in [0.717, 1.165) is 5.01 Å². The van der Waals surface area contributed by atoms with E-state index >= 15 is 0 Å². The maximum atomic E-state index is 10.6. The standard InChI is InChI=1S/C8H11NO3S/c1-5-9-6(4-13-5)3-8(2,12)7(10)11/h4,12H,3H2,1-2H3,(H,10,11). The Morgan fingerprint density at radius 3 is 2.77 bits per heavy atom. The Morgan fingerprint density at radius 1 is 1.77 bits per heavy atom. The fourth-order valence-corrected chi connectivity index (χ4v) is 1.53. The molecule has 1 aromatic heterocycles. The molecule has 72 valence electrons. The first kappa shape index (κ1) is 10.1. The lowest BCUT2D eigenvalue weighted by Gasteiger charge is -2.15. The smallest absolute Gasteiger partial charge is 0.335 e. The number of aryl methyl sites for hydroxylation is 1. The molecule has 5 heteroatoms. The third kappa shape index (κ3) is 2.50. The molecule has 0 saturated heterocycles. The molecule has 0 aromatic carbocycles. The zero-order valence-electron chi connectivity index (χ0n) is 7.44. The Morgan fingerprint density at radius 2 is 2.38 bits per heavy atom. The van der Waals surface area contributed by atoms with Gasteiger partial charge in [0.05, 0.1) is 10.7 Å². The highest BCUT2D eigenvalue weighted by molar-refractivity contribution is 7.09. The Bertz CT molecular complexity index is 319. The minimum absolute atomic E-state index is 0.0483. The Hall–Kier alpha value is -0.940. The van der Waals surface area contributed by atoms with Gasteiger partial charge in [-0.2, -0.15) is 0 Å². The Kier molecular flexibility index (Phi) is 2.68. The molecule has 2 N–H and O–H groups in total. The molecule has 13 heavy (non-hydrogen) atoms. The maximum absolute atomic E-state index is 10.6. The molecule has 0 saturated carbocycles. The van der Waals surface area contributed by atoms with Gasteiger partial charge >= 0.3 is 5.97 Å². The van der Waals surface area contributed by atoms with Crippen molar-refractivity contribution in [1.82, 2.24) is 4.98 Å². The van der Waals surface area contributed by atoms with E-state index in [-0.39, 0.29) is 6.42 Å². The number of hydrogen-bond donors (Lipinski definition) is 2. The van der Waals surface area contributed by atoms with Crippen molar-refractivity contribution in [2.45, 2.75) is 25.9 Å². The molecule has 0 amide bonds. The van der Waals surface area contributed by atoms with E-state index in [9.17, 15) is 9.90 Å². The molecule has 0 radical (unpaired) electrons. The van der Waals surface area contributed by atoms with Crippen molar-refractivity contribution in [1.29, 1.82) is 0 Å². The minimum Gasteiger partial charge on any atom is -0.479 e.